The lowest BCUT2D eigenvalue weighted by molar-refractivity contribution is -0.0678. The average molecular weight is 1050 g/mol. The topological polar surface area (TPSA) is 55.5 Å². The molecule has 15 rings (SSSR count). The minimum absolute atomic E-state index is 0.257. The first-order valence-electron chi connectivity index (χ1n) is 35.6. The van der Waals surface area contributed by atoms with E-state index in [9.17, 15) is 0 Å². The molecule has 0 aromatic carbocycles. The molecule has 16 unspecified atom stereocenters. The maximum absolute atomic E-state index is 7.15. The Bertz CT molecular complexity index is 1680. The van der Waals surface area contributed by atoms with Crippen molar-refractivity contribution in [3.63, 3.8) is 0 Å². The molecule has 11 saturated carbocycles. The van der Waals surface area contributed by atoms with Crippen LogP contribution in [0.15, 0.2) is 0 Å². The maximum atomic E-state index is 7.15. The summed E-state index contributed by atoms with van der Waals surface area (Å²) in [5.74, 6) is 5.26. The van der Waals surface area contributed by atoms with Crippen LogP contribution in [-0.2, 0) is 9.47 Å². The Balaban J connectivity index is 0.533. The smallest absolute Gasteiger partial charge is 0.111 e. The summed E-state index contributed by atoms with van der Waals surface area (Å²) in [5, 5.41) is 8.39. The number of fused-ring (bicyclic) bond motifs is 8. The van der Waals surface area contributed by atoms with Gasteiger partial charge in [-0.25, -0.2) is 0 Å². The van der Waals surface area contributed by atoms with Crippen LogP contribution >= 0.6 is 0 Å². The third-order valence-corrected chi connectivity index (χ3v) is 27.1. The van der Waals surface area contributed by atoms with Crippen molar-refractivity contribution in [3.05, 3.63) is 0 Å². The van der Waals surface area contributed by atoms with E-state index in [-0.39, 0.29) is 12.5 Å². The molecule has 0 aromatic rings. The van der Waals surface area contributed by atoms with E-state index in [2.05, 4.69) is 30.2 Å². The Hall–Kier alpha value is -0.320. The van der Waals surface area contributed by atoms with Crippen LogP contribution in [-0.4, -0.2) is 129 Å². The number of hydrogen-bond acceptors (Lipinski definition) is 8. The Kier molecular flexibility index (Phi) is 16.1. The molecule has 11 aliphatic carbocycles. The highest BCUT2D eigenvalue weighted by Gasteiger charge is 2.58. The number of nitrogens with zero attached hydrogens (tertiary/aromatic N) is 4. The van der Waals surface area contributed by atoms with E-state index in [1.54, 1.807) is 0 Å². The van der Waals surface area contributed by atoms with Crippen molar-refractivity contribution in [1.29, 1.82) is 0 Å². The van der Waals surface area contributed by atoms with E-state index in [1.165, 1.54) is 276 Å². The minimum Gasteiger partial charge on any atom is -0.358 e. The van der Waals surface area contributed by atoms with Crippen molar-refractivity contribution in [1.82, 2.24) is 30.2 Å². The van der Waals surface area contributed by atoms with Crippen LogP contribution in [0, 0.1) is 35.5 Å². The van der Waals surface area contributed by atoms with E-state index in [1.807, 2.05) is 0 Å². The van der Waals surface area contributed by atoms with E-state index >= 15 is 0 Å². The second kappa shape index (κ2) is 23.4. The fourth-order valence-corrected chi connectivity index (χ4v) is 24.0. The SMILES string of the molecule is C1CCC(N(C2CCCCC2)C2CCC3C(C2)C2CCCCC2N3C2CCC(C3NC4CC5NC(C6CCC(N7C8CCCCC8C8CC(N(C9CCCCC9)C9CCCCC9)CCC87)CC6)OC5CC4O3)CC2)CC1. The number of nitrogens with one attached hydrogen (secondary N) is 2. The van der Waals surface area contributed by atoms with Crippen molar-refractivity contribution in [2.24, 2.45) is 35.5 Å². The molecule has 15 aliphatic rings. The molecule has 0 bridgehead atoms. The van der Waals surface area contributed by atoms with Crippen molar-refractivity contribution in [2.75, 3.05) is 0 Å². The summed E-state index contributed by atoms with van der Waals surface area (Å²) in [6.45, 7) is 0. The summed E-state index contributed by atoms with van der Waals surface area (Å²) in [6.07, 6.45) is 65.5. The average Bonchev–Trinajstić information content (AvgIpc) is 4.32. The van der Waals surface area contributed by atoms with Gasteiger partial charge in [0.25, 0.3) is 0 Å². The molecule has 0 radical (unpaired) electrons. The molecule has 8 heteroatoms. The summed E-state index contributed by atoms with van der Waals surface area (Å²) >= 11 is 0. The quantitative estimate of drug-likeness (QED) is 0.224. The van der Waals surface area contributed by atoms with Gasteiger partial charge in [0.2, 0.25) is 0 Å². The fraction of sp³-hybridized carbons (Fsp3) is 1.00. The number of ether oxygens (including phenoxy) is 2. The van der Waals surface area contributed by atoms with Crippen LogP contribution in [0.2, 0.25) is 0 Å². The monoisotopic (exact) mass is 1050 g/mol. The minimum atomic E-state index is 0.257. The van der Waals surface area contributed by atoms with Gasteiger partial charge in [-0.1, -0.05) is 103 Å². The van der Waals surface area contributed by atoms with Crippen molar-refractivity contribution in [3.8, 4) is 0 Å². The normalized spacial score (nSPS) is 48.6. The lowest BCUT2D eigenvalue weighted by Crippen LogP contribution is -2.55. The molecule has 0 amide bonds. The molecular formula is C68H114N6O2. The Morgan fingerprint density at radius 2 is 0.618 bits per heavy atom. The highest BCUT2D eigenvalue weighted by atomic mass is 16.5. The lowest BCUT2D eigenvalue weighted by atomic mass is 9.71. The van der Waals surface area contributed by atoms with Gasteiger partial charge in [0.15, 0.2) is 0 Å². The molecule has 4 saturated heterocycles. The molecule has 0 spiro atoms. The molecule has 2 N–H and O–H groups in total. The van der Waals surface area contributed by atoms with Gasteiger partial charge in [-0.2, -0.15) is 0 Å². The molecule has 15 fully saturated rings. The summed E-state index contributed by atoms with van der Waals surface area (Å²) in [6, 6.07) is 11.5. The summed E-state index contributed by atoms with van der Waals surface area (Å²) in [7, 11) is 0. The predicted octanol–water partition coefficient (Wildman–Crippen LogP) is 14.0. The zero-order valence-corrected chi connectivity index (χ0v) is 48.6. The highest BCUT2D eigenvalue weighted by molar-refractivity contribution is 5.11. The van der Waals surface area contributed by atoms with Crippen LogP contribution in [0.4, 0.5) is 0 Å². The van der Waals surface area contributed by atoms with Crippen molar-refractivity contribution in [2.45, 2.75) is 392 Å². The molecule has 76 heavy (non-hydrogen) atoms. The predicted molar refractivity (Wildman–Crippen MR) is 308 cm³/mol. The summed E-state index contributed by atoms with van der Waals surface area (Å²) in [5.41, 5.74) is 0. The molecule has 8 nitrogen and oxygen atoms in total. The largest absolute Gasteiger partial charge is 0.358 e. The first kappa shape index (κ1) is 52.5. The maximum Gasteiger partial charge on any atom is 0.111 e. The van der Waals surface area contributed by atoms with Gasteiger partial charge in [0.1, 0.15) is 12.5 Å². The summed E-state index contributed by atoms with van der Waals surface area (Å²) in [4.78, 5) is 13.1. The molecule has 4 heterocycles. The van der Waals surface area contributed by atoms with Gasteiger partial charge < -0.3 is 9.47 Å². The molecule has 16 atom stereocenters. The van der Waals surface area contributed by atoms with Gasteiger partial charge in [-0.05, 0) is 209 Å². The number of rotatable bonds is 10. The van der Waals surface area contributed by atoms with Crippen LogP contribution in [0.1, 0.15) is 283 Å². The van der Waals surface area contributed by atoms with Gasteiger partial charge in [0.05, 0.1) is 12.2 Å². The van der Waals surface area contributed by atoms with Crippen molar-refractivity contribution >= 4 is 0 Å². The van der Waals surface area contributed by atoms with Gasteiger partial charge >= 0.3 is 0 Å². The first-order chi connectivity index (χ1) is 37.7. The van der Waals surface area contributed by atoms with E-state index in [0.29, 0.717) is 36.1 Å². The molecular weight excluding hydrogens is 933 g/mol. The van der Waals surface area contributed by atoms with E-state index in [0.717, 1.165) is 103 Å². The highest BCUT2D eigenvalue weighted by Crippen LogP contribution is 2.56. The zero-order chi connectivity index (χ0) is 50.1. The van der Waals surface area contributed by atoms with Crippen molar-refractivity contribution < 1.29 is 9.47 Å². The number of hydrogen-bond donors (Lipinski definition) is 2. The lowest BCUT2D eigenvalue weighted by Gasteiger charge is -2.50. The Morgan fingerprint density at radius 3 is 1.00 bits per heavy atom. The first-order valence-corrected chi connectivity index (χ1v) is 35.6. The van der Waals surface area contributed by atoms with E-state index < -0.39 is 0 Å². The fourth-order valence-electron chi connectivity index (χ4n) is 24.0. The number of likely N-dealkylation sites (tertiary alicyclic amines) is 2. The zero-order valence-electron chi connectivity index (χ0n) is 48.6. The van der Waals surface area contributed by atoms with Gasteiger partial charge in [-0.3, -0.25) is 30.2 Å². The molecule has 4 aliphatic heterocycles. The third-order valence-electron chi connectivity index (χ3n) is 27.1. The molecule has 0 aromatic heterocycles. The van der Waals surface area contributed by atoms with Gasteiger partial charge in [0, 0.05) is 91.0 Å². The second-order valence-electron chi connectivity index (χ2n) is 30.7. The standard InChI is InChI=1S/C68H114N6O2/c1-5-17-47(18-6-1)71(48-19-7-2-8-20-48)53-37-39-63-57(41-53)55-25-13-15-27-61(55)73(63)51-33-29-45(30-34-51)67-69-59-43-60-66(44-65(59)75-67)76-68(70-60)46-31-35-52(36-32-46)74-62-28-16-14-26-56(62)58-42-54(38-40-64(58)74)72(49-21-9-3-10-22-49)50-23-11-4-12-24-50/h45-70H,1-44H2. The van der Waals surface area contributed by atoms with Gasteiger partial charge in [-0.15, -0.1) is 0 Å². The van der Waals surface area contributed by atoms with Crippen LogP contribution in [0.25, 0.3) is 0 Å². The third kappa shape index (κ3) is 10.2. The Morgan fingerprint density at radius 1 is 0.276 bits per heavy atom. The van der Waals surface area contributed by atoms with E-state index in [4.69, 9.17) is 9.47 Å². The van der Waals surface area contributed by atoms with Crippen LogP contribution in [0.5, 0.6) is 0 Å². The summed E-state index contributed by atoms with van der Waals surface area (Å²) < 4.78 is 14.3. The van der Waals surface area contributed by atoms with Crippen LogP contribution < -0.4 is 10.6 Å². The Labute approximate surface area is 464 Å². The van der Waals surface area contributed by atoms with Crippen LogP contribution in [0.3, 0.4) is 0 Å². The molecule has 428 valence electrons. The second-order valence-corrected chi connectivity index (χ2v) is 30.7.